The number of hydrogen-bond acceptors (Lipinski definition) is 1. The quantitative estimate of drug-likeness (QED) is 0.734. The fraction of sp³-hybridized carbons (Fsp3) is 0.667. The van der Waals surface area contributed by atoms with Crippen LogP contribution in [-0.2, 0) is 0 Å². The zero-order valence-electron chi connectivity index (χ0n) is 13.1. The van der Waals surface area contributed by atoms with Crippen LogP contribution in [0, 0.1) is 18.8 Å². The Morgan fingerprint density at radius 3 is 2.75 bits per heavy atom. The second-order valence-electron chi connectivity index (χ2n) is 6.26. The van der Waals surface area contributed by atoms with Crippen molar-refractivity contribution in [3.63, 3.8) is 0 Å². The fourth-order valence-corrected chi connectivity index (χ4v) is 4.38. The summed E-state index contributed by atoms with van der Waals surface area (Å²) in [7, 11) is 0. The van der Waals surface area contributed by atoms with Crippen LogP contribution in [0.1, 0.15) is 63.1 Å². The van der Waals surface area contributed by atoms with Gasteiger partial charge in [-0.2, -0.15) is 0 Å². The van der Waals surface area contributed by atoms with Crippen LogP contribution in [0.4, 0.5) is 0 Å². The summed E-state index contributed by atoms with van der Waals surface area (Å²) in [5, 5.41) is 3.74. The second-order valence-corrected chi connectivity index (χ2v) is 7.12. The van der Waals surface area contributed by atoms with E-state index in [0.29, 0.717) is 6.04 Å². The molecule has 0 aliphatic heterocycles. The lowest BCUT2D eigenvalue weighted by Crippen LogP contribution is -2.31. The predicted octanol–water partition coefficient (Wildman–Crippen LogP) is 5.62. The molecule has 3 unspecified atom stereocenters. The summed E-state index contributed by atoms with van der Waals surface area (Å²) in [6.07, 6.45) is 6.92. The Labute approximate surface area is 132 Å². The van der Waals surface area contributed by atoms with E-state index < -0.39 is 0 Å². The molecule has 0 radical (unpaired) electrons. The van der Waals surface area contributed by atoms with Crippen LogP contribution in [0.25, 0.3) is 0 Å². The molecule has 1 aliphatic carbocycles. The van der Waals surface area contributed by atoms with Crippen molar-refractivity contribution in [2.24, 2.45) is 11.8 Å². The van der Waals surface area contributed by atoms with Gasteiger partial charge in [0.25, 0.3) is 0 Å². The van der Waals surface area contributed by atoms with Gasteiger partial charge in [0.2, 0.25) is 0 Å². The molecule has 1 saturated carbocycles. The highest BCUT2D eigenvalue weighted by Crippen LogP contribution is 2.40. The summed E-state index contributed by atoms with van der Waals surface area (Å²) in [6.45, 7) is 7.76. The molecule has 1 aromatic carbocycles. The minimum atomic E-state index is 0.504. The van der Waals surface area contributed by atoms with Gasteiger partial charge in [-0.25, -0.2) is 0 Å². The molecule has 2 heteroatoms. The first-order valence-electron chi connectivity index (χ1n) is 8.15. The maximum atomic E-state index is 3.78. The summed E-state index contributed by atoms with van der Waals surface area (Å²) in [5.74, 6) is 1.71. The molecule has 0 aromatic heterocycles. The van der Waals surface area contributed by atoms with Crippen molar-refractivity contribution in [3.05, 3.63) is 33.8 Å². The van der Waals surface area contributed by atoms with Crippen LogP contribution in [0.3, 0.4) is 0 Å². The Balaban J connectivity index is 2.21. The summed E-state index contributed by atoms with van der Waals surface area (Å²) < 4.78 is 1.27. The van der Waals surface area contributed by atoms with Crippen LogP contribution < -0.4 is 5.32 Å². The molecular formula is C18H28BrN. The molecule has 0 amide bonds. The Morgan fingerprint density at radius 1 is 1.30 bits per heavy atom. The number of nitrogens with one attached hydrogen (secondary N) is 1. The molecule has 3 atom stereocenters. The van der Waals surface area contributed by atoms with Crippen molar-refractivity contribution in [3.8, 4) is 0 Å². The predicted molar refractivity (Wildman–Crippen MR) is 91.0 cm³/mol. The van der Waals surface area contributed by atoms with E-state index in [4.69, 9.17) is 0 Å². The second kappa shape index (κ2) is 7.61. The molecule has 0 spiro atoms. The van der Waals surface area contributed by atoms with Gasteiger partial charge in [0, 0.05) is 10.5 Å². The Bertz CT molecular complexity index is 429. The molecule has 1 N–H and O–H groups in total. The smallest absolute Gasteiger partial charge is 0.0359 e. The average Bonchev–Trinajstić information content (AvgIpc) is 2.45. The number of aryl methyl sites for hydroxylation is 1. The molecule has 1 fully saturated rings. The van der Waals surface area contributed by atoms with Crippen molar-refractivity contribution in [2.45, 2.75) is 58.9 Å². The lowest BCUT2D eigenvalue weighted by atomic mass is 9.75. The zero-order chi connectivity index (χ0) is 14.5. The van der Waals surface area contributed by atoms with E-state index in [2.05, 4.69) is 60.2 Å². The van der Waals surface area contributed by atoms with Gasteiger partial charge in [-0.1, -0.05) is 61.2 Å². The van der Waals surface area contributed by atoms with Gasteiger partial charge in [-0.15, -0.1) is 0 Å². The van der Waals surface area contributed by atoms with Gasteiger partial charge in [0.05, 0.1) is 0 Å². The highest BCUT2D eigenvalue weighted by molar-refractivity contribution is 9.10. The average molecular weight is 338 g/mol. The molecule has 1 nitrogen and oxygen atoms in total. The first-order valence-corrected chi connectivity index (χ1v) is 8.94. The van der Waals surface area contributed by atoms with Crippen LogP contribution >= 0.6 is 15.9 Å². The Hall–Kier alpha value is -0.340. The van der Waals surface area contributed by atoms with Gasteiger partial charge in [0.15, 0.2) is 0 Å². The van der Waals surface area contributed by atoms with Gasteiger partial charge in [0.1, 0.15) is 0 Å². The maximum absolute atomic E-state index is 3.78. The minimum absolute atomic E-state index is 0.504. The van der Waals surface area contributed by atoms with Gasteiger partial charge < -0.3 is 5.32 Å². The standard InChI is InChI=1S/C18H28BrN/c1-4-14-7-6-8-15(12-14)18(20-5-2)16-10-9-13(3)11-17(16)19/h9-11,14-15,18,20H,4-8,12H2,1-3H3. The van der Waals surface area contributed by atoms with E-state index >= 15 is 0 Å². The minimum Gasteiger partial charge on any atom is -0.310 e. The highest BCUT2D eigenvalue weighted by Gasteiger charge is 2.29. The lowest BCUT2D eigenvalue weighted by Gasteiger charge is -2.35. The van der Waals surface area contributed by atoms with E-state index in [0.717, 1.165) is 18.4 Å². The molecule has 0 saturated heterocycles. The zero-order valence-corrected chi connectivity index (χ0v) is 14.7. The summed E-state index contributed by atoms with van der Waals surface area (Å²) in [4.78, 5) is 0. The monoisotopic (exact) mass is 337 g/mol. The highest BCUT2D eigenvalue weighted by atomic mass is 79.9. The molecule has 112 valence electrons. The number of rotatable bonds is 5. The summed E-state index contributed by atoms with van der Waals surface area (Å²) in [5.41, 5.74) is 2.77. The SMILES string of the molecule is CCNC(c1ccc(C)cc1Br)C1CCCC(CC)C1. The maximum Gasteiger partial charge on any atom is 0.0359 e. The largest absolute Gasteiger partial charge is 0.310 e. The van der Waals surface area contributed by atoms with Crippen molar-refractivity contribution in [2.75, 3.05) is 6.54 Å². The van der Waals surface area contributed by atoms with E-state index in [-0.39, 0.29) is 0 Å². The molecule has 1 aromatic rings. The van der Waals surface area contributed by atoms with E-state index in [1.165, 1.54) is 47.7 Å². The number of benzene rings is 1. The summed E-state index contributed by atoms with van der Waals surface area (Å²) in [6, 6.07) is 7.30. The van der Waals surface area contributed by atoms with E-state index in [1.54, 1.807) is 0 Å². The van der Waals surface area contributed by atoms with E-state index in [1.807, 2.05) is 0 Å². The third kappa shape index (κ3) is 3.85. The van der Waals surface area contributed by atoms with Crippen LogP contribution in [0.5, 0.6) is 0 Å². The molecule has 1 aliphatic rings. The number of hydrogen-bond donors (Lipinski definition) is 1. The molecule has 2 rings (SSSR count). The number of halogens is 1. The van der Waals surface area contributed by atoms with Crippen LogP contribution in [0.15, 0.2) is 22.7 Å². The van der Waals surface area contributed by atoms with Crippen molar-refractivity contribution >= 4 is 15.9 Å². The fourth-order valence-electron chi connectivity index (χ4n) is 3.64. The molecular weight excluding hydrogens is 310 g/mol. The van der Waals surface area contributed by atoms with Crippen molar-refractivity contribution in [1.82, 2.24) is 5.32 Å². The third-order valence-electron chi connectivity index (χ3n) is 4.79. The third-order valence-corrected chi connectivity index (χ3v) is 5.47. The molecule has 0 bridgehead atoms. The first kappa shape index (κ1) is 16.0. The normalized spacial score (nSPS) is 24.6. The van der Waals surface area contributed by atoms with Crippen LogP contribution in [-0.4, -0.2) is 6.54 Å². The van der Waals surface area contributed by atoms with Gasteiger partial charge in [-0.05, 0) is 55.3 Å². The Morgan fingerprint density at radius 2 is 2.10 bits per heavy atom. The molecule has 20 heavy (non-hydrogen) atoms. The lowest BCUT2D eigenvalue weighted by molar-refractivity contribution is 0.210. The first-order chi connectivity index (χ1) is 9.65. The topological polar surface area (TPSA) is 12.0 Å². The van der Waals surface area contributed by atoms with Crippen molar-refractivity contribution < 1.29 is 0 Å². The van der Waals surface area contributed by atoms with Crippen molar-refractivity contribution in [1.29, 1.82) is 0 Å². The molecule has 0 heterocycles. The van der Waals surface area contributed by atoms with E-state index in [9.17, 15) is 0 Å². The van der Waals surface area contributed by atoms with Crippen LogP contribution in [0.2, 0.25) is 0 Å². The summed E-state index contributed by atoms with van der Waals surface area (Å²) >= 11 is 3.78. The Kier molecular flexibility index (Phi) is 6.10. The van der Waals surface area contributed by atoms with Gasteiger partial charge in [-0.3, -0.25) is 0 Å². The van der Waals surface area contributed by atoms with Gasteiger partial charge >= 0.3 is 0 Å².